The van der Waals surface area contributed by atoms with Gasteiger partial charge in [0.25, 0.3) is 0 Å². The third-order valence-electron chi connectivity index (χ3n) is 2.44. The van der Waals surface area contributed by atoms with Crippen molar-refractivity contribution in [1.82, 2.24) is 25.4 Å². The molecular formula is C12H19N5O2S. The first-order valence-electron chi connectivity index (χ1n) is 6.25. The summed E-state index contributed by atoms with van der Waals surface area (Å²) in [6.07, 6.45) is 1.74. The predicted octanol–water partition coefficient (Wildman–Crippen LogP) is 1.10. The van der Waals surface area contributed by atoms with Gasteiger partial charge in [0.15, 0.2) is 5.16 Å². The molecule has 7 nitrogen and oxygen atoms in total. The number of thioether (sulfide) groups is 1. The maximum absolute atomic E-state index is 11.8. The fourth-order valence-electron chi connectivity index (χ4n) is 1.42. The fraction of sp³-hybridized carbons (Fsp3) is 0.500. The molecule has 0 aliphatic carbocycles. The van der Waals surface area contributed by atoms with E-state index in [1.807, 2.05) is 11.5 Å². The van der Waals surface area contributed by atoms with E-state index in [-0.39, 0.29) is 5.91 Å². The summed E-state index contributed by atoms with van der Waals surface area (Å²) in [6.45, 7) is 10.0. The second-order valence-electron chi connectivity index (χ2n) is 4.04. The molecular weight excluding hydrogens is 278 g/mol. The highest BCUT2D eigenvalue weighted by Crippen LogP contribution is 2.22. The van der Waals surface area contributed by atoms with Gasteiger partial charge < -0.3 is 9.88 Å². The number of imide groups is 1. The first-order chi connectivity index (χ1) is 9.49. The van der Waals surface area contributed by atoms with Gasteiger partial charge in [0, 0.05) is 13.1 Å². The smallest absolute Gasteiger partial charge is 0.321 e. The quantitative estimate of drug-likeness (QED) is 0.606. The van der Waals surface area contributed by atoms with Crippen LogP contribution in [0.4, 0.5) is 4.79 Å². The average Bonchev–Trinajstić information content (AvgIpc) is 2.72. The molecule has 0 aromatic carbocycles. The highest BCUT2D eigenvalue weighted by molar-refractivity contribution is 8.00. The summed E-state index contributed by atoms with van der Waals surface area (Å²) in [5.74, 6) is 0.385. The lowest BCUT2D eigenvalue weighted by molar-refractivity contribution is -0.119. The van der Waals surface area contributed by atoms with Crippen molar-refractivity contribution in [2.45, 2.75) is 37.7 Å². The zero-order valence-corrected chi connectivity index (χ0v) is 12.7. The summed E-state index contributed by atoms with van der Waals surface area (Å²) < 4.78 is 1.85. The maximum atomic E-state index is 11.8. The minimum atomic E-state index is -0.492. The zero-order chi connectivity index (χ0) is 15.1. The number of hydrogen-bond donors (Lipinski definition) is 2. The van der Waals surface area contributed by atoms with E-state index in [1.165, 1.54) is 11.8 Å². The Bertz CT molecular complexity index is 500. The number of aryl methyl sites for hydroxylation is 1. The Hall–Kier alpha value is -1.83. The van der Waals surface area contributed by atoms with E-state index in [9.17, 15) is 9.59 Å². The lowest BCUT2D eigenvalue weighted by Gasteiger charge is -2.11. The number of amides is 3. The topological polar surface area (TPSA) is 88.9 Å². The molecule has 110 valence electrons. The van der Waals surface area contributed by atoms with Crippen LogP contribution in [0.1, 0.15) is 19.7 Å². The minimum absolute atomic E-state index is 0.369. The molecule has 0 aliphatic heterocycles. The molecule has 1 rings (SSSR count). The Morgan fingerprint density at radius 1 is 1.50 bits per heavy atom. The Balaban J connectivity index is 2.66. The Morgan fingerprint density at radius 2 is 2.20 bits per heavy atom. The lowest BCUT2D eigenvalue weighted by atomic mass is 10.4. The van der Waals surface area contributed by atoms with Gasteiger partial charge in [-0.2, -0.15) is 0 Å². The van der Waals surface area contributed by atoms with Crippen molar-refractivity contribution in [3.63, 3.8) is 0 Å². The molecule has 0 radical (unpaired) electrons. The third-order valence-corrected chi connectivity index (χ3v) is 3.52. The van der Waals surface area contributed by atoms with Crippen LogP contribution in [0.25, 0.3) is 0 Å². The number of rotatable bonds is 6. The zero-order valence-electron chi connectivity index (χ0n) is 11.8. The van der Waals surface area contributed by atoms with Crippen molar-refractivity contribution in [3.05, 3.63) is 18.5 Å². The van der Waals surface area contributed by atoms with Crippen LogP contribution < -0.4 is 10.6 Å². The van der Waals surface area contributed by atoms with Gasteiger partial charge in [-0.3, -0.25) is 10.1 Å². The first kappa shape index (κ1) is 16.2. The van der Waals surface area contributed by atoms with Crippen molar-refractivity contribution in [1.29, 1.82) is 0 Å². The van der Waals surface area contributed by atoms with E-state index in [0.717, 1.165) is 5.82 Å². The molecule has 3 amide bonds. The monoisotopic (exact) mass is 297 g/mol. The average molecular weight is 297 g/mol. The van der Waals surface area contributed by atoms with Crippen LogP contribution in [0.15, 0.2) is 17.8 Å². The summed E-state index contributed by atoms with van der Waals surface area (Å²) in [7, 11) is 0. The third kappa shape index (κ3) is 4.37. The second-order valence-corrected chi connectivity index (χ2v) is 5.35. The molecule has 1 aromatic rings. The largest absolute Gasteiger partial charge is 0.338 e. The van der Waals surface area contributed by atoms with Crippen molar-refractivity contribution in [2.75, 3.05) is 6.54 Å². The molecule has 1 aromatic heterocycles. The van der Waals surface area contributed by atoms with Gasteiger partial charge >= 0.3 is 6.03 Å². The van der Waals surface area contributed by atoms with Gasteiger partial charge in [-0.1, -0.05) is 17.8 Å². The van der Waals surface area contributed by atoms with Crippen molar-refractivity contribution in [2.24, 2.45) is 0 Å². The Morgan fingerprint density at radius 3 is 2.80 bits per heavy atom. The number of allylic oxidation sites excluding steroid dienone is 1. The van der Waals surface area contributed by atoms with Crippen molar-refractivity contribution in [3.8, 4) is 0 Å². The van der Waals surface area contributed by atoms with Crippen LogP contribution in [0.5, 0.6) is 0 Å². The number of hydrogen-bond acceptors (Lipinski definition) is 5. The summed E-state index contributed by atoms with van der Waals surface area (Å²) in [4.78, 5) is 23.1. The molecule has 0 saturated carbocycles. The highest BCUT2D eigenvalue weighted by Gasteiger charge is 2.20. The van der Waals surface area contributed by atoms with E-state index in [2.05, 4.69) is 27.4 Å². The van der Waals surface area contributed by atoms with Gasteiger partial charge in [0.1, 0.15) is 5.82 Å². The van der Waals surface area contributed by atoms with Gasteiger partial charge in [-0.05, 0) is 20.8 Å². The van der Waals surface area contributed by atoms with Gasteiger partial charge in [0.05, 0.1) is 5.25 Å². The van der Waals surface area contributed by atoms with Gasteiger partial charge in [0.2, 0.25) is 5.91 Å². The Kier molecular flexibility index (Phi) is 6.23. The molecule has 0 unspecified atom stereocenters. The second kappa shape index (κ2) is 7.68. The highest BCUT2D eigenvalue weighted by atomic mass is 32.2. The standard InChI is InChI=1S/C12H19N5O2S/c1-5-7-17-9(4)15-16-12(17)20-8(3)10(18)14-11(19)13-6-2/h5,8H,1,6-7H2,2-4H3,(H2,13,14,18,19)/t8-/m1/s1. The number of carbonyl (C=O) groups is 2. The SMILES string of the molecule is C=CCn1c(C)nnc1S[C@H](C)C(=O)NC(=O)NCC. The number of urea groups is 1. The van der Waals surface area contributed by atoms with Crippen LogP contribution in [-0.2, 0) is 11.3 Å². The van der Waals surface area contributed by atoms with Gasteiger partial charge in [-0.25, -0.2) is 4.79 Å². The van der Waals surface area contributed by atoms with Gasteiger partial charge in [-0.15, -0.1) is 16.8 Å². The van der Waals surface area contributed by atoms with E-state index < -0.39 is 11.3 Å². The maximum Gasteiger partial charge on any atom is 0.321 e. The first-order valence-corrected chi connectivity index (χ1v) is 7.13. The molecule has 1 atom stereocenters. The molecule has 1 heterocycles. The summed E-state index contributed by atoms with van der Waals surface area (Å²) in [6, 6.07) is -0.492. The molecule has 0 fully saturated rings. The van der Waals surface area contributed by atoms with Crippen molar-refractivity contribution < 1.29 is 9.59 Å². The van der Waals surface area contributed by atoms with E-state index in [4.69, 9.17) is 0 Å². The molecule has 0 aliphatic rings. The number of nitrogens with zero attached hydrogens (tertiary/aromatic N) is 3. The van der Waals surface area contributed by atoms with E-state index >= 15 is 0 Å². The predicted molar refractivity (Wildman–Crippen MR) is 77.5 cm³/mol. The number of aromatic nitrogens is 3. The molecule has 8 heteroatoms. The normalized spacial score (nSPS) is 11.8. The lowest BCUT2D eigenvalue weighted by Crippen LogP contribution is -2.42. The van der Waals surface area contributed by atoms with Crippen LogP contribution in [0, 0.1) is 6.92 Å². The molecule has 20 heavy (non-hydrogen) atoms. The van der Waals surface area contributed by atoms with Crippen LogP contribution in [0.3, 0.4) is 0 Å². The molecule has 0 saturated heterocycles. The summed E-state index contributed by atoms with van der Waals surface area (Å²) >= 11 is 1.25. The fourth-order valence-corrected chi connectivity index (χ4v) is 2.32. The van der Waals surface area contributed by atoms with E-state index in [0.29, 0.717) is 18.2 Å². The van der Waals surface area contributed by atoms with Crippen LogP contribution >= 0.6 is 11.8 Å². The summed E-state index contributed by atoms with van der Waals surface area (Å²) in [5.41, 5.74) is 0. The number of nitrogens with one attached hydrogen (secondary N) is 2. The molecule has 2 N–H and O–H groups in total. The molecule has 0 spiro atoms. The van der Waals surface area contributed by atoms with Crippen LogP contribution in [-0.4, -0.2) is 38.5 Å². The Labute approximate surface area is 122 Å². The van der Waals surface area contributed by atoms with E-state index in [1.54, 1.807) is 19.9 Å². The van der Waals surface area contributed by atoms with Crippen LogP contribution in [0.2, 0.25) is 0 Å². The van der Waals surface area contributed by atoms with Crippen molar-refractivity contribution >= 4 is 23.7 Å². The number of carbonyl (C=O) groups excluding carboxylic acids is 2. The summed E-state index contributed by atoms with van der Waals surface area (Å²) in [5, 5.41) is 12.9. The molecule has 0 bridgehead atoms. The minimum Gasteiger partial charge on any atom is -0.338 e.